The molecule has 0 fully saturated rings. The second kappa shape index (κ2) is 10.5. The van der Waals surface area contributed by atoms with Crippen molar-refractivity contribution >= 4 is 23.2 Å². The van der Waals surface area contributed by atoms with E-state index in [1.807, 2.05) is 60.7 Å². The Kier molecular flexibility index (Phi) is 7.00. The molecule has 5 nitrogen and oxygen atoms in total. The van der Waals surface area contributed by atoms with Crippen LogP contribution in [0.5, 0.6) is 11.6 Å². The number of nitrogens with zero attached hydrogens (tertiary/aromatic N) is 1. The topological polar surface area (TPSA) is 60.5 Å². The molecule has 32 heavy (non-hydrogen) atoms. The summed E-state index contributed by atoms with van der Waals surface area (Å²) in [7, 11) is 0. The maximum Gasteiger partial charge on any atom is 0.262 e. The molecule has 6 heteroatoms. The first-order chi connectivity index (χ1) is 15.7. The largest absolute Gasteiger partial charge is 0.482 e. The lowest BCUT2D eigenvalue weighted by Crippen LogP contribution is -2.20. The summed E-state index contributed by atoms with van der Waals surface area (Å²) >= 11 is 6.03. The molecule has 0 saturated carbocycles. The van der Waals surface area contributed by atoms with Crippen LogP contribution >= 0.6 is 11.6 Å². The van der Waals surface area contributed by atoms with Crippen molar-refractivity contribution in [2.75, 3.05) is 11.9 Å². The van der Waals surface area contributed by atoms with Crippen molar-refractivity contribution in [3.05, 3.63) is 119 Å². The highest BCUT2D eigenvalue weighted by atomic mass is 35.5. The van der Waals surface area contributed by atoms with Crippen LogP contribution in [0, 0.1) is 0 Å². The number of hydrogen-bond donors (Lipinski definition) is 1. The molecule has 0 atom stereocenters. The highest BCUT2D eigenvalue weighted by molar-refractivity contribution is 6.32. The van der Waals surface area contributed by atoms with Crippen molar-refractivity contribution in [1.82, 2.24) is 4.98 Å². The molecule has 0 unspecified atom stereocenters. The highest BCUT2D eigenvalue weighted by Crippen LogP contribution is 2.28. The molecule has 3 aromatic carbocycles. The number of para-hydroxylation sites is 1. The molecule has 0 radical (unpaired) electrons. The van der Waals surface area contributed by atoms with Crippen LogP contribution in [0.1, 0.15) is 17.2 Å². The standard InChI is InChI=1S/C26H21ClN2O3/c27-22-13-7-8-14-23(22)31-18-24(30)29-21-15-16-25(28-17-21)32-26(19-9-3-1-4-10-19)20-11-5-2-6-12-20/h1-17,26H,18H2,(H,29,30). The number of carbonyl (C=O) groups excluding carboxylic acids is 1. The van der Waals surface area contributed by atoms with Gasteiger partial charge in [0, 0.05) is 6.07 Å². The zero-order valence-electron chi connectivity index (χ0n) is 17.1. The Labute approximate surface area is 191 Å². The van der Waals surface area contributed by atoms with E-state index in [1.54, 1.807) is 42.6 Å². The number of ether oxygens (including phenoxy) is 2. The molecule has 1 heterocycles. The number of anilines is 1. The number of pyridine rings is 1. The average Bonchev–Trinajstić information content (AvgIpc) is 2.84. The minimum absolute atomic E-state index is 0.161. The second-order valence-corrected chi connectivity index (χ2v) is 7.38. The van der Waals surface area contributed by atoms with Gasteiger partial charge in [-0.15, -0.1) is 0 Å². The van der Waals surface area contributed by atoms with Gasteiger partial charge >= 0.3 is 0 Å². The minimum atomic E-state index is -0.313. The van der Waals surface area contributed by atoms with Crippen LogP contribution < -0.4 is 14.8 Å². The molecule has 0 aliphatic heterocycles. The summed E-state index contributed by atoms with van der Waals surface area (Å²) in [5.41, 5.74) is 2.59. The molecule has 0 spiro atoms. The van der Waals surface area contributed by atoms with Crippen molar-refractivity contribution in [1.29, 1.82) is 0 Å². The van der Waals surface area contributed by atoms with Crippen molar-refractivity contribution < 1.29 is 14.3 Å². The van der Waals surface area contributed by atoms with Gasteiger partial charge in [-0.3, -0.25) is 4.79 Å². The van der Waals surface area contributed by atoms with E-state index in [9.17, 15) is 4.79 Å². The first-order valence-corrected chi connectivity index (χ1v) is 10.5. The third-order valence-corrected chi connectivity index (χ3v) is 4.97. The number of nitrogens with one attached hydrogen (secondary N) is 1. The van der Waals surface area contributed by atoms with E-state index < -0.39 is 0 Å². The first kappa shape index (κ1) is 21.4. The van der Waals surface area contributed by atoms with Gasteiger partial charge in [-0.1, -0.05) is 84.4 Å². The van der Waals surface area contributed by atoms with E-state index in [1.165, 1.54) is 0 Å². The quantitative estimate of drug-likeness (QED) is 0.366. The van der Waals surface area contributed by atoms with Crippen LogP contribution in [0.3, 0.4) is 0 Å². The van der Waals surface area contributed by atoms with Crippen molar-refractivity contribution in [2.45, 2.75) is 6.10 Å². The maximum absolute atomic E-state index is 12.2. The van der Waals surface area contributed by atoms with E-state index >= 15 is 0 Å². The van der Waals surface area contributed by atoms with Crippen LogP contribution in [-0.2, 0) is 4.79 Å². The van der Waals surface area contributed by atoms with E-state index in [-0.39, 0.29) is 18.6 Å². The Hall–Kier alpha value is -3.83. The molecule has 4 rings (SSSR count). The molecule has 4 aromatic rings. The zero-order chi connectivity index (χ0) is 22.2. The summed E-state index contributed by atoms with van der Waals surface area (Å²) in [6.07, 6.45) is 1.25. The third-order valence-electron chi connectivity index (χ3n) is 4.66. The molecule has 0 saturated heterocycles. The highest BCUT2D eigenvalue weighted by Gasteiger charge is 2.16. The van der Waals surface area contributed by atoms with Crippen molar-refractivity contribution in [3.8, 4) is 11.6 Å². The summed E-state index contributed by atoms with van der Waals surface area (Å²) in [6, 6.07) is 30.4. The van der Waals surface area contributed by atoms with Crippen LogP contribution in [-0.4, -0.2) is 17.5 Å². The Bertz CT molecular complexity index is 1110. The lowest BCUT2D eigenvalue weighted by molar-refractivity contribution is -0.118. The predicted octanol–water partition coefficient (Wildman–Crippen LogP) is 5.92. The van der Waals surface area contributed by atoms with Crippen LogP contribution in [0.2, 0.25) is 5.02 Å². The Morgan fingerprint density at radius 3 is 2.06 bits per heavy atom. The monoisotopic (exact) mass is 444 g/mol. The number of hydrogen-bond acceptors (Lipinski definition) is 4. The van der Waals surface area contributed by atoms with Gasteiger partial charge in [0.05, 0.1) is 16.9 Å². The van der Waals surface area contributed by atoms with Gasteiger partial charge in [0.25, 0.3) is 5.91 Å². The van der Waals surface area contributed by atoms with Crippen LogP contribution in [0.4, 0.5) is 5.69 Å². The molecule has 0 bridgehead atoms. The van der Waals surface area contributed by atoms with Gasteiger partial charge in [0.2, 0.25) is 5.88 Å². The van der Waals surface area contributed by atoms with Crippen LogP contribution in [0.25, 0.3) is 0 Å². The average molecular weight is 445 g/mol. The Balaban J connectivity index is 1.40. The summed E-state index contributed by atoms with van der Waals surface area (Å²) in [5, 5.41) is 3.20. The summed E-state index contributed by atoms with van der Waals surface area (Å²) in [4.78, 5) is 16.5. The van der Waals surface area contributed by atoms with Crippen molar-refractivity contribution in [3.63, 3.8) is 0 Å². The van der Waals surface area contributed by atoms with Crippen molar-refractivity contribution in [2.24, 2.45) is 0 Å². The number of aromatic nitrogens is 1. The van der Waals surface area contributed by atoms with Gasteiger partial charge in [0.15, 0.2) is 12.7 Å². The second-order valence-electron chi connectivity index (χ2n) is 6.97. The SMILES string of the molecule is O=C(COc1ccccc1Cl)Nc1ccc(OC(c2ccccc2)c2ccccc2)nc1. The Morgan fingerprint density at radius 2 is 1.47 bits per heavy atom. The molecular formula is C26H21ClN2O3. The van der Waals surface area contributed by atoms with Gasteiger partial charge in [-0.2, -0.15) is 0 Å². The number of amides is 1. The Morgan fingerprint density at radius 1 is 0.844 bits per heavy atom. The minimum Gasteiger partial charge on any atom is -0.482 e. The van der Waals surface area contributed by atoms with Gasteiger partial charge < -0.3 is 14.8 Å². The van der Waals surface area contributed by atoms with Gasteiger partial charge in [0.1, 0.15) is 5.75 Å². The lowest BCUT2D eigenvalue weighted by Gasteiger charge is -2.19. The van der Waals surface area contributed by atoms with E-state index in [2.05, 4.69) is 10.3 Å². The molecule has 160 valence electrons. The number of carbonyl (C=O) groups is 1. The van der Waals surface area contributed by atoms with Crippen LogP contribution in [0.15, 0.2) is 103 Å². The zero-order valence-corrected chi connectivity index (χ0v) is 17.9. The molecule has 1 N–H and O–H groups in total. The lowest BCUT2D eigenvalue weighted by atomic mass is 10.0. The smallest absolute Gasteiger partial charge is 0.262 e. The molecule has 1 amide bonds. The van der Waals surface area contributed by atoms with E-state index in [0.29, 0.717) is 22.3 Å². The normalized spacial score (nSPS) is 10.6. The fourth-order valence-electron chi connectivity index (χ4n) is 3.13. The number of benzene rings is 3. The summed E-state index contributed by atoms with van der Waals surface area (Å²) in [5.74, 6) is 0.596. The molecule has 0 aliphatic carbocycles. The van der Waals surface area contributed by atoms with E-state index in [4.69, 9.17) is 21.1 Å². The predicted molar refractivity (Wildman–Crippen MR) is 125 cm³/mol. The summed E-state index contributed by atoms with van der Waals surface area (Å²) in [6.45, 7) is -0.161. The van der Waals surface area contributed by atoms with E-state index in [0.717, 1.165) is 11.1 Å². The molecular weight excluding hydrogens is 424 g/mol. The fourth-order valence-corrected chi connectivity index (χ4v) is 3.32. The number of rotatable bonds is 8. The molecule has 1 aromatic heterocycles. The van der Waals surface area contributed by atoms with Gasteiger partial charge in [-0.25, -0.2) is 4.98 Å². The fraction of sp³-hybridized carbons (Fsp3) is 0.0769. The molecule has 0 aliphatic rings. The summed E-state index contributed by atoms with van der Waals surface area (Å²) < 4.78 is 11.7. The third kappa shape index (κ3) is 5.65. The van der Waals surface area contributed by atoms with Gasteiger partial charge in [-0.05, 0) is 29.3 Å². The first-order valence-electron chi connectivity index (χ1n) is 10.1. The number of halogens is 1. The maximum atomic E-state index is 12.2.